The van der Waals surface area contributed by atoms with Crippen LogP contribution >= 0.6 is 0 Å². The number of benzene rings is 1. The second-order valence-corrected chi connectivity index (χ2v) is 4.39. The molecular formula is C11H15BO3. The highest BCUT2D eigenvalue weighted by atomic mass is 16.7. The number of para-hydroxylation sites is 1. The summed E-state index contributed by atoms with van der Waals surface area (Å²) in [4.78, 5) is 0. The molecule has 1 aliphatic rings. The van der Waals surface area contributed by atoms with Gasteiger partial charge in [0.15, 0.2) is 0 Å². The zero-order valence-electron chi connectivity index (χ0n) is 9.23. The van der Waals surface area contributed by atoms with Gasteiger partial charge in [0, 0.05) is 5.46 Å². The van der Waals surface area contributed by atoms with Crippen molar-refractivity contribution in [1.82, 2.24) is 0 Å². The van der Waals surface area contributed by atoms with Crippen molar-refractivity contribution in [2.45, 2.75) is 32.5 Å². The van der Waals surface area contributed by atoms with E-state index < -0.39 is 7.12 Å². The smallest absolute Gasteiger partial charge is 0.498 e. The third kappa shape index (κ3) is 1.87. The van der Waals surface area contributed by atoms with Gasteiger partial charge in [0.2, 0.25) is 0 Å². The number of phenolic OH excluding ortho intramolecular Hbond substituents is 1. The molecule has 0 aliphatic carbocycles. The maximum absolute atomic E-state index is 9.67. The van der Waals surface area contributed by atoms with Crippen LogP contribution in [0.3, 0.4) is 0 Å². The minimum Gasteiger partial charge on any atom is -0.508 e. The second-order valence-electron chi connectivity index (χ2n) is 4.39. The first-order valence-electron chi connectivity index (χ1n) is 5.12. The van der Waals surface area contributed by atoms with Gasteiger partial charge >= 0.3 is 7.12 Å². The van der Waals surface area contributed by atoms with Crippen LogP contribution in [0.4, 0.5) is 0 Å². The van der Waals surface area contributed by atoms with Crippen molar-refractivity contribution in [2.24, 2.45) is 0 Å². The normalized spacial score (nSPS) is 24.5. The van der Waals surface area contributed by atoms with E-state index in [2.05, 4.69) is 0 Å². The lowest BCUT2D eigenvalue weighted by atomic mass is 9.78. The quantitative estimate of drug-likeness (QED) is 0.704. The van der Waals surface area contributed by atoms with Crippen molar-refractivity contribution in [3.63, 3.8) is 0 Å². The standard InChI is InChI=1S/C11H15BO3/c1-8-11(2,3)15-12(14-8)9-6-4-5-7-10(9)13/h4-8,13H,1-3H3. The van der Waals surface area contributed by atoms with Gasteiger partial charge in [-0.1, -0.05) is 18.2 Å². The van der Waals surface area contributed by atoms with Gasteiger partial charge in [-0.25, -0.2) is 0 Å². The highest BCUT2D eigenvalue weighted by Crippen LogP contribution is 2.27. The molecule has 15 heavy (non-hydrogen) atoms. The molecule has 1 aromatic rings. The van der Waals surface area contributed by atoms with Crippen LogP contribution in [-0.4, -0.2) is 23.9 Å². The monoisotopic (exact) mass is 206 g/mol. The van der Waals surface area contributed by atoms with E-state index in [9.17, 15) is 5.11 Å². The third-order valence-electron chi connectivity index (χ3n) is 2.91. The zero-order chi connectivity index (χ0) is 11.1. The summed E-state index contributed by atoms with van der Waals surface area (Å²) < 4.78 is 11.4. The Morgan fingerprint density at radius 1 is 1.33 bits per heavy atom. The molecule has 2 rings (SSSR count). The van der Waals surface area contributed by atoms with E-state index in [4.69, 9.17) is 9.31 Å². The van der Waals surface area contributed by atoms with Gasteiger partial charge in [-0.15, -0.1) is 0 Å². The predicted octanol–water partition coefficient (Wildman–Crippen LogP) is 1.30. The highest BCUT2D eigenvalue weighted by molar-refractivity contribution is 6.63. The van der Waals surface area contributed by atoms with Crippen molar-refractivity contribution in [3.8, 4) is 5.75 Å². The van der Waals surface area contributed by atoms with Gasteiger partial charge in [-0.3, -0.25) is 0 Å². The molecule has 0 spiro atoms. The molecule has 1 aromatic carbocycles. The molecule has 1 fully saturated rings. The van der Waals surface area contributed by atoms with E-state index in [0.717, 1.165) is 0 Å². The topological polar surface area (TPSA) is 38.7 Å². The lowest BCUT2D eigenvalue weighted by Crippen LogP contribution is -2.34. The molecule has 1 atom stereocenters. The summed E-state index contributed by atoms with van der Waals surface area (Å²) in [6, 6.07) is 7.09. The van der Waals surface area contributed by atoms with Crippen molar-refractivity contribution < 1.29 is 14.4 Å². The molecule has 0 aromatic heterocycles. The molecule has 1 heterocycles. The van der Waals surface area contributed by atoms with Gasteiger partial charge < -0.3 is 14.4 Å². The summed E-state index contributed by atoms with van der Waals surface area (Å²) in [6.45, 7) is 5.94. The number of hydrogen-bond acceptors (Lipinski definition) is 3. The Balaban J connectivity index is 2.25. The minimum atomic E-state index is -0.462. The van der Waals surface area contributed by atoms with Crippen molar-refractivity contribution in [3.05, 3.63) is 24.3 Å². The van der Waals surface area contributed by atoms with Crippen molar-refractivity contribution in [2.75, 3.05) is 0 Å². The average molecular weight is 206 g/mol. The SMILES string of the molecule is CC1OB(c2ccccc2O)OC1(C)C. The van der Waals surface area contributed by atoms with E-state index in [1.54, 1.807) is 12.1 Å². The number of aromatic hydroxyl groups is 1. The molecule has 1 saturated heterocycles. The Bertz CT molecular complexity index is 365. The molecule has 80 valence electrons. The molecular weight excluding hydrogens is 191 g/mol. The Morgan fingerprint density at radius 2 is 2.00 bits per heavy atom. The summed E-state index contributed by atoms with van der Waals surface area (Å²) in [7, 11) is -0.462. The van der Waals surface area contributed by atoms with E-state index in [-0.39, 0.29) is 17.5 Å². The van der Waals surface area contributed by atoms with Crippen LogP contribution in [0.2, 0.25) is 0 Å². The number of phenols is 1. The van der Waals surface area contributed by atoms with Gasteiger partial charge in [-0.2, -0.15) is 0 Å². The third-order valence-corrected chi connectivity index (χ3v) is 2.91. The fourth-order valence-electron chi connectivity index (χ4n) is 1.57. The Morgan fingerprint density at radius 3 is 2.53 bits per heavy atom. The van der Waals surface area contributed by atoms with Gasteiger partial charge in [0.1, 0.15) is 5.75 Å². The predicted molar refractivity (Wildman–Crippen MR) is 59.2 cm³/mol. The largest absolute Gasteiger partial charge is 0.508 e. The summed E-state index contributed by atoms with van der Waals surface area (Å²) in [5.41, 5.74) is 0.377. The van der Waals surface area contributed by atoms with Crippen LogP contribution in [0, 0.1) is 0 Å². The summed E-state index contributed by atoms with van der Waals surface area (Å²) in [5, 5.41) is 9.67. The first-order valence-corrected chi connectivity index (χ1v) is 5.12. The molecule has 1 aliphatic heterocycles. The molecule has 0 amide bonds. The first-order chi connectivity index (χ1) is 7.00. The second kappa shape index (κ2) is 3.54. The van der Waals surface area contributed by atoms with Crippen molar-refractivity contribution in [1.29, 1.82) is 0 Å². The van der Waals surface area contributed by atoms with E-state index >= 15 is 0 Å². The van der Waals surface area contributed by atoms with Crippen molar-refractivity contribution >= 4 is 12.6 Å². The van der Waals surface area contributed by atoms with Crippen LogP contribution < -0.4 is 5.46 Å². The van der Waals surface area contributed by atoms with Crippen LogP contribution in [0.15, 0.2) is 24.3 Å². The summed E-state index contributed by atoms with van der Waals surface area (Å²) in [6.07, 6.45) is 0.0158. The lowest BCUT2D eigenvalue weighted by molar-refractivity contribution is 0.0842. The van der Waals surface area contributed by atoms with E-state index in [0.29, 0.717) is 5.46 Å². The summed E-state index contributed by atoms with van der Waals surface area (Å²) >= 11 is 0. The Labute approximate surface area is 90.2 Å². The fourth-order valence-corrected chi connectivity index (χ4v) is 1.57. The number of hydrogen-bond donors (Lipinski definition) is 1. The van der Waals surface area contributed by atoms with Crippen LogP contribution in [0.1, 0.15) is 20.8 Å². The van der Waals surface area contributed by atoms with Crippen LogP contribution in [0.5, 0.6) is 5.75 Å². The molecule has 1 unspecified atom stereocenters. The fraction of sp³-hybridized carbons (Fsp3) is 0.455. The van der Waals surface area contributed by atoms with E-state index in [1.807, 2.05) is 32.9 Å². The Kier molecular flexibility index (Phi) is 2.48. The molecule has 0 bridgehead atoms. The first kappa shape index (κ1) is 10.5. The minimum absolute atomic E-state index is 0.0158. The van der Waals surface area contributed by atoms with Crippen LogP contribution in [-0.2, 0) is 9.31 Å². The maximum atomic E-state index is 9.67. The molecule has 0 radical (unpaired) electrons. The summed E-state index contributed by atoms with van der Waals surface area (Å²) in [5.74, 6) is 0.215. The molecule has 4 heteroatoms. The van der Waals surface area contributed by atoms with E-state index in [1.165, 1.54) is 0 Å². The average Bonchev–Trinajstić information content (AvgIpc) is 2.42. The van der Waals surface area contributed by atoms with Gasteiger partial charge in [0.25, 0.3) is 0 Å². The number of rotatable bonds is 1. The van der Waals surface area contributed by atoms with Gasteiger partial charge in [-0.05, 0) is 26.8 Å². The lowest BCUT2D eigenvalue weighted by Gasteiger charge is -2.21. The molecule has 1 N–H and O–H groups in total. The molecule has 3 nitrogen and oxygen atoms in total. The zero-order valence-corrected chi connectivity index (χ0v) is 9.23. The maximum Gasteiger partial charge on any atom is 0.498 e. The highest BCUT2D eigenvalue weighted by Gasteiger charge is 2.44. The van der Waals surface area contributed by atoms with Gasteiger partial charge in [0.05, 0.1) is 11.7 Å². The Hall–Kier alpha value is -0.995. The van der Waals surface area contributed by atoms with Crippen LogP contribution in [0.25, 0.3) is 0 Å². The molecule has 0 saturated carbocycles.